The summed E-state index contributed by atoms with van der Waals surface area (Å²) < 4.78 is 76.8. The van der Waals surface area contributed by atoms with E-state index in [0.717, 1.165) is 35.0 Å². The number of H-pyrrole nitrogens is 1. The number of methoxy groups -OCH3 is 1. The Labute approximate surface area is 435 Å². The van der Waals surface area contributed by atoms with Crippen LogP contribution in [0.2, 0.25) is 0 Å². The third-order valence-electron chi connectivity index (χ3n) is 7.13. The average Bonchev–Trinajstić information content (AvgIpc) is 3.59. The van der Waals surface area contributed by atoms with E-state index in [1.165, 1.54) is 38.4 Å². The van der Waals surface area contributed by atoms with Gasteiger partial charge in [0.1, 0.15) is 37.9 Å². The van der Waals surface area contributed by atoms with Crippen molar-refractivity contribution < 1.29 is 185 Å². The molecular formula is C30H25CuN6Na3O18S4. The van der Waals surface area contributed by atoms with E-state index in [1.54, 1.807) is 12.1 Å². The fourth-order valence-electron chi connectivity index (χ4n) is 4.68. The molecule has 0 fully saturated rings. The summed E-state index contributed by atoms with van der Waals surface area (Å²) in [6.07, 6.45) is 0. The SMILES string of the molecule is CN=Nc1ccc2cc(SOO[O-])c(N=Nc3cc(OC)c(S(=O)(=O)CCOSOO[O-])cc3O)c(O)c2c1.O=C(O)c1cc(=O)[nH]n1-c1ccc(S(=O)(=O)[O-])cc1.[Cu].[Na+].[Na+].[Na+]. The van der Waals surface area contributed by atoms with E-state index in [1.807, 2.05) is 0 Å². The van der Waals surface area contributed by atoms with Crippen LogP contribution < -0.4 is 109 Å². The standard InChI is InChI=1S/C20H20N4O12S3.C10H8N2O6S.Cu.3Na/c1-21-22-12-4-3-11-7-17(37-35-33-27)19(20(26)13(11)8-12)24-23-14-9-16(31-2)18(10-15(14)25)39(29,30)6-5-32-38-36-34-28;13-9-5-8(10(14)15)12(11-9)6-1-3-7(4-2-6)19(16,17)18;;;;/h3-4,7-10,25-28H,5-6H2,1-2H3;1-5H,(H,11,13)(H,14,15)(H,16,17,18);;;;/q;;;3*+1/p-3. The van der Waals surface area contributed by atoms with Gasteiger partial charge in [-0.1, -0.05) is 6.07 Å². The van der Waals surface area contributed by atoms with Crippen LogP contribution in [0, 0.1) is 0 Å². The topological polar surface area (TPSA) is 358 Å². The predicted octanol–water partition coefficient (Wildman–Crippen LogP) is -6.03. The number of aromatic carboxylic acids is 1. The first-order chi connectivity index (χ1) is 27.5. The maximum atomic E-state index is 12.7. The predicted molar refractivity (Wildman–Crippen MR) is 192 cm³/mol. The van der Waals surface area contributed by atoms with E-state index in [9.17, 15) is 51.7 Å². The van der Waals surface area contributed by atoms with Crippen LogP contribution in [0.1, 0.15) is 10.5 Å². The zero-order chi connectivity index (χ0) is 42.6. The number of phenolic OH excluding ortho intramolecular Hbond substituents is 2. The molecule has 0 saturated carbocycles. The second kappa shape index (κ2) is 28.1. The van der Waals surface area contributed by atoms with Gasteiger partial charge in [-0.25, -0.2) is 26.3 Å². The number of aromatic nitrogens is 2. The molecule has 0 aliphatic heterocycles. The van der Waals surface area contributed by atoms with Gasteiger partial charge in [-0.05, 0) is 47.9 Å². The molecule has 0 bridgehead atoms. The molecule has 1 aromatic heterocycles. The fraction of sp³-hybridized carbons (Fsp3) is 0.133. The minimum atomic E-state index is -4.57. The number of sulfone groups is 1. The van der Waals surface area contributed by atoms with E-state index in [4.69, 9.17) is 14.0 Å². The van der Waals surface area contributed by atoms with Gasteiger partial charge in [0, 0.05) is 47.7 Å². The second-order valence-corrected chi connectivity index (χ2v) is 15.3. The van der Waals surface area contributed by atoms with Crippen molar-refractivity contribution in [2.75, 3.05) is 26.5 Å². The molecule has 0 saturated heterocycles. The van der Waals surface area contributed by atoms with Crippen molar-refractivity contribution in [2.24, 2.45) is 20.5 Å². The molecule has 0 spiro atoms. The number of ether oxygens (including phenoxy) is 1. The molecule has 1 radical (unpaired) electrons. The van der Waals surface area contributed by atoms with Gasteiger partial charge in [0.05, 0.1) is 52.7 Å². The Balaban J connectivity index is 0.00000137. The van der Waals surface area contributed by atoms with Gasteiger partial charge < -0.3 is 35.1 Å². The Morgan fingerprint density at radius 2 is 1.56 bits per heavy atom. The molecule has 4 N–H and O–H groups in total. The Kier molecular flexibility index (Phi) is 27.2. The largest absolute Gasteiger partial charge is 1.00 e. The number of hydrogen-bond donors (Lipinski definition) is 4. The maximum Gasteiger partial charge on any atom is 1.00 e. The number of nitrogens with one attached hydrogen (secondary N) is 1. The van der Waals surface area contributed by atoms with Crippen LogP contribution >= 0.6 is 24.4 Å². The van der Waals surface area contributed by atoms with E-state index in [0.29, 0.717) is 28.5 Å². The monoisotopic (exact) mass is 1020 g/mol. The van der Waals surface area contributed by atoms with Gasteiger partial charge in [0.25, 0.3) is 5.56 Å². The van der Waals surface area contributed by atoms with Gasteiger partial charge in [-0.2, -0.15) is 14.6 Å². The Morgan fingerprint density at radius 1 is 0.903 bits per heavy atom. The Bertz CT molecular complexity index is 2620. The summed E-state index contributed by atoms with van der Waals surface area (Å²) in [6, 6.07) is 13.8. The summed E-state index contributed by atoms with van der Waals surface area (Å²) in [5, 5.41) is 75.5. The molecule has 24 nitrogen and oxygen atoms in total. The summed E-state index contributed by atoms with van der Waals surface area (Å²) in [7, 11) is -5.93. The molecule has 321 valence electrons. The average molecular weight is 1020 g/mol. The number of carboxylic acid groups (broad SMARTS) is 1. The van der Waals surface area contributed by atoms with Crippen molar-refractivity contribution >= 4 is 78.1 Å². The molecule has 5 aromatic rings. The quantitative estimate of drug-likeness (QED) is 0.0128. The first kappa shape index (κ1) is 60.0. The molecule has 5 rings (SSSR count). The van der Waals surface area contributed by atoms with Crippen LogP contribution in [0.3, 0.4) is 0 Å². The maximum absolute atomic E-state index is 12.7. The van der Waals surface area contributed by atoms with Gasteiger partial charge in [-0.3, -0.25) is 24.2 Å². The summed E-state index contributed by atoms with van der Waals surface area (Å²) >= 11 is 0.598. The first-order valence-corrected chi connectivity index (χ1v) is 19.7. The van der Waals surface area contributed by atoms with Crippen LogP contribution in [0.25, 0.3) is 16.5 Å². The Morgan fingerprint density at radius 3 is 2.15 bits per heavy atom. The number of phenols is 2. The third kappa shape index (κ3) is 16.5. The molecule has 0 amide bonds. The van der Waals surface area contributed by atoms with Crippen molar-refractivity contribution in [3.63, 3.8) is 0 Å². The van der Waals surface area contributed by atoms with Crippen LogP contribution in [-0.2, 0) is 60.0 Å². The van der Waals surface area contributed by atoms with Crippen LogP contribution in [0.5, 0.6) is 17.2 Å². The third-order valence-corrected chi connectivity index (χ3v) is 10.7. The second-order valence-electron chi connectivity index (χ2n) is 10.6. The smallest absolute Gasteiger partial charge is 0.744 e. The Hall–Kier alpha value is -1.98. The van der Waals surface area contributed by atoms with Gasteiger partial charge in [-0.15, -0.1) is 14.6 Å². The number of fused-ring (bicyclic) bond motifs is 1. The van der Waals surface area contributed by atoms with Crippen LogP contribution in [0.15, 0.2) is 107 Å². The minimum absolute atomic E-state index is 0. The van der Waals surface area contributed by atoms with E-state index >= 15 is 0 Å². The molecule has 0 atom stereocenters. The van der Waals surface area contributed by atoms with Crippen molar-refractivity contribution in [3.8, 4) is 22.9 Å². The first-order valence-electron chi connectivity index (χ1n) is 15.2. The molecule has 4 aromatic carbocycles. The van der Waals surface area contributed by atoms with Crippen molar-refractivity contribution in [1.29, 1.82) is 0 Å². The van der Waals surface area contributed by atoms with Crippen molar-refractivity contribution in [1.82, 2.24) is 9.78 Å². The van der Waals surface area contributed by atoms with E-state index < -0.39 is 47.9 Å². The minimum Gasteiger partial charge on any atom is -0.744 e. The number of azo groups is 2. The van der Waals surface area contributed by atoms with Gasteiger partial charge >= 0.3 is 94.6 Å². The van der Waals surface area contributed by atoms with Crippen molar-refractivity contribution in [3.05, 3.63) is 82.8 Å². The number of rotatable bonds is 17. The summed E-state index contributed by atoms with van der Waals surface area (Å²) in [4.78, 5) is 21.3. The summed E-state index contributed by atoms with van der Waals surface area (Å²) in [5.74, 6) is -3.01. The zero-order valence-electron chi connectivity index (χ0n) is 32.4. The van der Waals surface area contributed by atoms with Gasteiger partial charge in [0.15, 0.2) is 33.6 Å². The molecule has 0 aliphatic rings. The molecule has 62 heavy (non-hydrogen) atoms. The zero-order valence-corrected chi connectivity index (χ0v) is 42.6. The van der Waals surface area contributed by atoms with Crippen LogP contribution in [-0.4, -0.2) is 79.0 Å². The van der Waals surface area contributed by atoms with Crippen molar-refractivity contribution in [2.45, 2.75) is 14.7 Å². The normalized spacial score (nSPS) is 11.2. The number of carbonyl (C=O) groups is 1. The number of nitrogens with zero attached hydrogens (tertiary/aromatic N) is 5. The summed E-state index contributed by atoms with van der Waals surface area (Å²) in [6.45, 7) is -0.389. The number of aromatic hydroxyl groups is 2. The summed E-state index contributed by atoms with van der Waals surface area (Å²) in [5.41, 5.74) is -0.641. The number of carboxylic acids is 1. The van der Waals surface area contributed by atoms with Crippen LogP contribution in [0.4, 0.5) is 17.1 Å². The molecule has 0 aliphatic carbocycles. The molecular weight excluding hydrogens is 993 g/mol. The van der Waals surface area contributed by atoms with Gasteiger partial charge in [0.2, 0.25) is 0 Å². The number of benzene rings is 4. The molecule has 32 heteroatoms. The molecule has 0 unspecified atom stereocenters. The number of hydrogen-bond acceptors (Lipinski definition) is 23. The molecule has 1 heterocycles. The number of aromatic amines is 1. The fourth-order valence-corrected chi connectivity index (χ4v) is 7.22. The van der Waals surface area contributed by atoms with E-state index in [-0.39, 0.29) is 169 Å². The van der Waals surface area contributed by atoms with E-state index in [2.05, 4.69) is 44.3 Å².